The zero-order valence-corrected chi connectivity index (χ0v) is 11.9. The second-order valence-corrected chi connectivity index (χ2v) is 9.48. The van der Waals surface area contributed by atoms with E-state index in [9.17, 15) is 0 Å². The minimum absolute atomic E-state index is 0.854. The Kier molecular flexibility index (Phi) is 4.89. The van der Waals surface area contributed by atoms with Gasteiger partial charge in [-0.05, 0) is 31.8 Å². The lowest BCUT2D eigenvalue weighted by molar-refractivity contribution is 0.339. The summed E-state index contributed by atoms with van der Waals surface area (Å²) < 4.78 is 10.6. The normalized spacial score (nSPS) is 11.8. The highest BCUT2D eigenvalue weighted by molar-refractivity contribution is 8.12. The van der Waals surface area contributed by atoms with Crippen LogP contribution in [0, 0.1) is 0 Å². The van der Waals surface area contributed by atoms with Crippen LogP contribution in [0.25, 0.3) is 0 Å². The van der Waals surface area contributed by atoms with Crippen molar-refractivity contribution in [1.29, 1.82) is 0 Å². The minimum Gasteiger partial charge on any atom is -0.496 e. The van der Waals surface area contributed by atoms with Crippen LogP contribution in [0.4, 0.5) is 0 Å². The number of rotatable bonds is 5. The molecule has 0 saturated carbocycles. The number of nitrogens with zero attached hydrogens (tertiary/aromatic N) is 1. The lowest BCUT2D eigenvalue weighted by atomic mass is 10.3. The Balaban J connectivity index is 2.54. The molecular formula is C11H17NO2SSi. The number of hydrogen-bond acceptors (Lipinski definition) is 4. The van der Waals surface area contributed by atoms with Crippen molar-refractivity contribution >= 4 is 25.6 Å². The average Bonchev–Trinajstić information content (AvgIpc) is 2.23. The summed E-state index contributed by atoms with van der Waals surface area (Å²) >= 11 is 1.49. The molecule has 0 aliphatic rings. The van der Waals surface area contributed by atoms with E-state index < -0.39 is 8.32 Å². The van der Waals surface area contributed by atoms with Gasteiger partial charge >= 0.3 is 0 Å². The highest BCUT2D eigenvalue weighted by atomic mass is 32.2. The molecule has 5 heteroatoms. The van der Waals surface area contributed by atoms with Gasteiger partial charge in [0.15, 0.2) is 0 Å². The van der Waals surface area contributed by atoms with Crippen molar-refractivity contribution in [3.8, 4) is 5.75 Å². The van der Waals surface area contributed by atoms with Crippen molar-refractivity contribution in [2.45, 2.75) is 24.5 Å². The third-order valence-corrected chi connectivity index (χ3v) is 3.05. The molecule has 0 N–H and O–H groups in total. The molecule has 0 amide bonds. The van der Waals surface area contributed by atoms with Gasteiger partial charge in [-0.1, -0.05) is 23.9 Å². The fourth-order valence-corrected chi connectivity index (χ4v) is 2.04. The molecule has 0 radical (unpaired) electrons. The number of oxime groups is 1. The summed E-state index contributed by atoms with van der Waals surface area (Å²) in [7, 11) is 0.102. The summed E-state index contributed by atoms with van der Waals surface area (Å²) in [4.78, 5) is 1.04. The molecule has 0 aromatic heterocycles. The van der Waals surface area contributed by atoms with Gasteiger partial charge in [0, 0.05) is 0 Å². The molecule has 0 fully saturated rings. The van der Waals surface area contributed by atoms with Crippen LogP contribution in [0.15, 0.2) is 34.3 Å². The SMILES string of the molecule is COc1ccccc1S/C=N/O[Si](C)(C)C. The van der Waals surface area contributed by atoms with E-state index in [1.165, 1.54) is 11.8 Å². The van der Waals surface area contributed by atoms with Crippen LogP contribution < -0.4 is 4.74 Å². The summed E-state index contributed by atoms with van der Waals surface area (Å²) in [5.74, 6) is 0.854. The van der Waals surface area contributed by atoms with Crippen LogP contribution in [0.2, 0.25) is 19.6 Å². The van der Waals surface area contributed by atoms with Crippen LogP contribution in [0.5, 0.6) is 5.75 Å². The van der Waals surface area contributed by atoms with E-state index in [2.05, 4.69) is 24.8 Å². The maximum absolute atomic E-state index is 5.37. The van der Waals surface area contributed by atoms with Crippen LogP contribution in [-0.2, 0) is 4.53 Å². The van der Waals surface area contributed by atoms with E-state index in [1.807, 2.05) is 24.3 Å². The summed E-state index contributed by atoms with van der Waals surface area (Å²) in [6, 6.07) is 7.83. The number of hydrogen-bond donors (Lipinski definition) is 0. The first-order valence-electron chi connectivity index (χ1n) is 5.02. The summed E-state index contributed by atoms with van der Waals surface area (Å²) in [5.41, 5.74) is 1.70. The lowest BCUT2D eigenvalue weighted by Crippen LogP contribution is -2.21. The topological polar surface area (TPSA) is 30.8 Å². The van der Waals surface area contributed by atoms with Crippen LogP contribution in [0.1, 0.15) is 0 Å². The largest absolute Gasteiger partial charge is 0.496 e. The van der Waals surface area contributed by atoms with Gasteiger partial charge in [0.1, 0.15) is 11.3 Å². The Labute approximate surface area is 102 Å². The molecule has 0 heterocycles. The fraction of sp³-hybridized carbons (Fsp3) is 0.364. The third kappa shape index (κ3) is 4.72. The predicted octanol–water partition coefficient (Wildman–Crippen LogP) is 3.58. The van der Waals surface area contributed by atoms with Crippen molar-refractivity contribution in [3.63, 3.8) is 0 Å². The molecule has 0 atom stereocenters. The Morgan fingerprint density at radius 1 is 1.25 bits per heavy atom. The number of thioether (sulfide) groups is 1. The van der Waals surface area contributed by atoms with E-state index in [0.717, 1.165) is 10.6 Å². The summed E-state index contributed by atoms with van der Waals surface area (Å²) in [5, 5.41) is 3.96. The monoisotopic (exact) mass is 255 g/mol. The number of ether oxygens (including phenoxy) is 1. The third-order valence-electron chi connectivity index (χ3n) is 1.62. The molecule has 0 aliphatic heterocycles. The van der Waals surface area contributed by atoms with Crippen molar-refractivity contribution < 1.29 is 9.26 Å². The standard InChI is InChI=1S/C11H17NO2SSi/c1-13-10-7-5-6-8-11(10)15-9-12-14-16(2,3)4/h5-9H,1-4H3/b12-9+. The average molecular weight is 255 g/mol. The molecule has 88 valence electrons. The molecule has 1 rings (SSSR count). The van der Waals surface area contributed by atoms with Gasteiger partial charge in [0.05, 0.1) is 12.0 Å². The lowest BCUT2D eigenvalue weighted by Gasteiger charge is -2.12. The molecule has 0 spiro atoms. The van der Waals surface area contributed by atoms with Gasteiger partial charge in [-0.25, -0.2) is 0 Å². The van der Waals surface area contributed by atoms with E-state index in [0.29, 0.717) is 0 Å². The van der Waals surface area contributed by atoms with Gasteiger partial charge in [-0.15, -0.1) is 5.16 Å². The second-order valence-electron chi connectivity index (χ2n) is 4.18. The van der Waals surface area contributed by atoms with Crippen LogP contribution >= 0.6 is 11.8 Å². The molecule has 1 aromatic rings. The number of para-hydroxylation sites is 1. The summed E-state index contributed by atoms with van der Waals surface area (Å²) in [6.45, 7) is 6.29. The van der Waals surface area contributed by atoms with Gasteiger partial charge in [-0.3, -0.25) is 0 Å². The van der Waals surface area contributed by atoms with E-state index in [1.54, 1.807) is 12.7 Å². The molecule has 0 saturated heterocycles. The smallest absolute Gasteiger partial charge is 0.278 e. The van der Waals surface area contributed by atoms with Crippen molar-refractivity contribution in [3.05, 3.63) is 24.3 Å². The Morgan fingerprint density at radius 3 is 2.56 bits per heavy atom. The first-order valence-corrected chi connectivity index (χ1v) is 9.31. The zero-order chi connectivity index (χ0) is 12.0. The van der Waals surface area contributed by atoms with E-state index >= 15 is 0 Å². The minimum atomic E-state index is -1.56. The molecule has 0 aliphatic carbocycles. The molecular weight excluding hydrogens is 238 g/mol. The van der Waals surface area contributed by atoms with E-state index in [4.69, 9.17) is 9.26 Å². The van der Waals surface area contributed by atoms with Crippen molar-refractivity contribution in [1.82, 2.24) is 0 Å². The first-order chi connectivity index (χ1) is 7.53. The Hall–Kier alpha value is -0.943. The number of benzene rings is 1. The van der Waals surface area contributed by atoms with Gasteiger partial charge in [0.25, 0.3) is 8.32 Å². The maximum Gasteiger partial charge on any atom is 0.278 e. The van der Waals surface area contributed by atoms with Gasteiger partial charge in [0.2, 0.25) is 0 Å². The second kappa shape index (κ2) is 5.96. The summed E-state index contributed by atoms with van der Waals surface area (Å²) in [6.07, 6.45) is 0. The van der Waals surface area contributed by atoms with E-state index in [-0.39, 0.29) is 0 Å². The molecule has 0 unspecified atom stereocenters. The number of methoxy groups -OCH3 is 1. The molecule has 1 aromatic carbocycles. The molecule has 3 nitrogen and oxygen atoms in total. The molecule has 16 heavy (non-hydrogen) atoms. The first kappa shape index (κ1) is 13.1. The zero-order valence-electron chi connectivity index (χ0n) is 10.1. The van der Waals surface area contributed by atoms with Crippen LogP contribution in [0.3, 0.4) is 0 Å². The fourth-order valence-electron chi connectivity index (χ4n) is 0.974. The quantitative estimate of drug-likeness (QED) is 0.265. The van der Waals surface area contributed by atoms with Crippen LogP contribution in [-0.4, -0.2) is 21.0 Å². The Bertz CT molecular complexity index is 363. The van der Waals surface area contributed by atoms with Gasteiger partial charge in [-0.2, -0.15) is 0 Å². The Morgan fingerprint density at radius 2 is 1.94 bits per heavy atom. The highest BCUT2D eigenvalue weighted by Crippen LogP contribution is 2.27. The predicted molar refractivity (Wildman–Crippen MR) is 71.8 cm³/mol. The molecule has 0 bridgehead atoms. The van der Waals surface area contributed by atoms with Crippen molar-refractivity contribution in [2.75, 3.05) is 7.11 Å². The van der Waals surface area contributed by atoms with Crippen molar-refractivity contribution in [2.24, 2.45) is 5.16 Å². The van der Waals surface area contributed by atoms with Gasteiger partial charge < -0.3 is 9.26 Å². The maximum atomic E-state index is 5.37. The highest BCUT2D eigenvalue weighted by Gasteiger charge is 2.15.